The first-order valence-electron chi connectivity index (χ1n) is 10.5. The van der Waals surface area contributed by atoms with Crippen LogP contribution in [0.1, 0.15) is 35.3 Å². The third-order valence-corrected chi connectivity index (χ3v) is 5.14. The van der Waals surface area contributed by atoms with Gasteiger partial charge in [0.15, 0.2) is 0 Å². The molecule has 0 spiro atoms. The van der Waals surface area contributed by atoms with Crippen LogP contribution in [0.5, 0.6) is 0 Å². The molecule has 0 radical (unpaired) electrons. The molecule has 2 aromatic carbocycles. The summed E-state index contributed by atoms with van der Waals surface area (Å²) in [6, 6.07) is 14.7. The molecule has 8 heteroatoms. The monoisotopic (exact) mass is 440 g/mol. The Bertz CT molecular complexity index is 1050. The lowest BCUT2D eigenvalue weighted by atomic mass is 10.1. The van der Waals surface area contributed by atoms with E-state index in [-0.39, 0.29) is 18.0 Å². The number of hydrogen-bond acceptors (Lipinski definition) is 3. The number of unbranched alkanes of at least 4 members (excludes halogenated alkanes) is 2. The molecule has 0 fully saturated rings. The van der Waals surface area contributed by atoms with E-state index < -0.39 is 17.5 Å². The van der Waals surface area contributed by atoms with Gasteiger partial charge in [-0.1, -0.05) is 36.8 Å². The van der Waals surface area contributed by atoms with E-state index in [2.05, 4.69) is 21.6 Å². The predicted molar refractivity (Wildman–Crippen MR) is 118 cm³/mol. The SMILES string of the molecule is CN(CCCCCc1cc(-c2ccccc2)n[nH]1)C(=O)CNC(=O)c1ccc(F)cc1F. The molecule has 0 aliphatic rings. The minimum absolute atomic E-state index is 0.247. The van der Waals surface area contributed by atoms with E-state index in [1.807, 2.05) is 30.3 Å². The number of rotatable bonds is 10. The predicted octanol–water partition coefficient (Wildman–Crippen LogP) is 3.96. The lowest BCUT2D eigenvalue weighted by Crippen LogP contribution is -2.38. The lowest BCUT2D eigenvalue weighted by Gasteiger charge is -2.17. The summed E-state index contributed by atoms with van der Waals surface area (Å²) in [4.78, 5) is 25.7. The van der Waals surface area contributed by atoms with E-state index in [9.17, 15) is 18.4 Å². The number of amides is 2. The number of benzene rings is 2. The molecular weight excluding hydrogens is 414 g/mol. The van der Waals surface area contributed by atoms with Crippen LogP contribution in [-0.4, -0.2) is 47.0 Å². The number of carbonyl (C=O) groups excluding carboxylic acids is 2. The maximum Gasteiger partial charge on any atom is 0.254 e. The molecule has 3 rings (SSSR count). The molecule has 0 saturated carbocycles. The van der Waals surface area contributed by atoms with Crippen LogP contribution in [0.3, 0.4) is 0 Å². The van der Waals surface area contributed by atoms with Crippen molar-refractivity contribution in [2.45, 2.75) is 25.7 Å². The van der Waals surface area contributed by atoms with Crippen molar-refractivity contribution in [1.82, 2.24) is 20.4 Å². The Morgan fingerprint density at radius 1 is 1.03 bits per heavy atom. The highest BCUT2D eigenvalue weighted by atomic mass is 19.1. The fourth-order valence-corrected chi connectivity index (χ4v) is 3.27. The van der Waals surface area contributed by atoms with Gasteiger partial charge in [-0.25, -0.2) is 8.78 Å². The van der Waals surface area contributed by atoms with Crippen molar-refractivity contribution in [3.8, 4) is 11.3 Å². The quantitative estimate of drug-likeness (QED) is 0.469. The highest BCUT2D eigenvalue weighted by Crippen LogP contribution is 2.18. The third kappa shape index (κ3) is 6.47. The Balaban J connectivity index is 1.33. The number of likely N-dealkylation sites (N-methyl/N-ethyl adjacent to an activating group) is 1. The van der Waals surface area contributed by atoms with Gasteiger partial charge in [0.25, 0.3) is 5.91 Å². The zero-order valence-corrected chi connectivity index (χ0v) is 17.9. The summed E-state index contributed by atoms with van der Waals surface area (Å²) in [6.07, 6.45) is 3.59. The maximum absolute atomic E-state index is 13.6. The van der Waals surface area contributed by atoms with E-state index in [1.54, 1.807) is 7.05 Å². The molecule has 2 N–H and O–H groups in total. The number of aromatic amines is 1. The minimum atomic E-state index is -0.962. The van der Waals surface area contributed by atoms with Crippen LogP contribution >= 0.6 is 0 Å². The Morgan fingerprint density at radius 2 is 1.81 bits per heavy atom. The molecule has 1 aromatic heterocycles. The molecule has 3 aromatic rings. The van der Waals surface area contributed by atoms with Gasteiger partial charge in [-0.15, -0.1) is 0 Å². The minimum Gasteiger partial charge on any atom is -0.344 e. The number of hydrogen-bond donors (Lipinski definition) is 2. The van der Waals surface area contributed by atoms with Crippen LogP contribution in [0, 0.1) is 11.6 Å². The van der Waals surface area contributed by atoms with Crippen LogP contribution in [0.15, 0.2) is 54.6 Å². The topological polar surface area (TPSA) is 78.1 Å². The van der Waals surface area contributed by atoms with Crippen LogP contribution in [0.25, 0.3) is 11.3 Å². The van der Waals surface area contributed by atoms with Crippen LogP contribution in [0.2, 0.25) is 0 Å². The number of H-pyrrole nitrogens is 1. The molecule has 168 valence electrons. The summed E-state index contributed by atoms with van der Waals surface area (Å²) in [5, 5.41) is 9.79. The first-order valence-corrected chi connectivity index (χ1v) is 10.5. The highest BCUT2D eigenvalue weighted by molar-refractivity contribution is 5.96. The van der Waals surface area contributed by atoms with E-state index in [4.69, 9.17) is 0 Å². The number of aromatic nitrogens is 2. The van der Waals surface area contributed by atoms with Gasteiger partial charge in [-0.05, 0) is 37.5 Å². The molecule has 0 saturated heterocycles. The Labute approximate surface area is 185 Å². The van der Waals surface area contributed by atoms with Crippen LogP contribution in [-0.2, 0) is 11.2 Å². The highest BCUT2D eigenvalue weighted by Gasteiger charge is 2.15. The van der Waals surface area contributed by atoms with Crippen molar-refractivity contribution in [2.24, 2.45) is 0 Å². The van der Waals surface area contributed by atoms with Gasteiger partial charge in [0, 0.05) is 30.9 Å². The zero-order valence-electron chi connectivity index (χ0n) is 17.9. The molecule has 1 heterocycles. The van der Waals surface area contributed by atoms with Crippen molar-refractivity contribution < 1.29 is 18.4 Å². The smallest absolute Gasteiger partial charge is 0.254 e. The fraction of sp³-hybridized carbons (Fsp3) is 0.292. The van der Waals surface area contributed by atoms with E-state index in [1.165, 1.54) is 4.90 Å². The third-order valence-electron chi connectivity index (χ3n) is 5.14. The zero-order chi connectivity index (χ0) is 22.9. The number of aryl methyl sites for hydroxylation is 1. The van der Waals surface area contributed by atoms with Gasteiger partial charge in [-0.2, -0.15) is 5.10 Å². The summed E-state index contributed by atoms with van der Waals surface area (Å²) >= 11 is 0. The first-order chi connectivity index (χ1) is 15.4. The van der Waals surface area contributed by atoms with Gasteiger partial charge in [0.2, 0.25) is 5.91 Å². The van der Waals surface area contributed by atoms with Gasteiger partial charge in [-0.3, -0.25) is 14.7 Å². The molecule has 0 aliphatic heterocycles. The summed E-state index contributed by atoms with van der Waals surface area (Å²) in [6.45, 7) is 0.306. The molecule has 0 unspecified atom stereocenters. The second-order valence-corrected chi connectivity index (χ2v) is 7.58. The molecule has 32 heavy (non-hydrogen) atoms. The van der Waals surface area contributed by atoms with Crippen molar-refractivity contribution in [3.05, 3.63) is 77.5 Å². The van der Waals surface area contributed by atoms with Gasteiger partial charge in [0.1, 0.15) is 11.6 Å². The number of nitrogens with one attached hydrogen (secondary N) is 2. The Kier molecular flexibility index (Phi) is 8.08. The summed E-state index contributed by atoms with van der Waals surface area (Å²) in [7, 11) is 1.66. The number of halogens is 2. The first kappa shape index (κ1) is 23.1. The molecule has 0 aliphatic carbocycles. The van der Waals surface area contributed by atoms with Crippen molar-refractivity contribution >= 4 is 11.8 Å². The maximum atomic E-state index is 13.6. The van der Waals surface area contributed by atoms with Crippen molar-refractivity contribution in [2.75, 3.05) is 20.1 Å². The Hall–Kier alpha value is -3.55. The average molecular weight is 440 g/mol. The van der Waals surface area contributed by atoms with Gasteiger partial charge in [0.05, 0.1) is 17.8 Å². The van der Waals surface area contributed by atoms with Gasteiger partial charge >= 0.3 is 0 Å². The van der Waals surface area contributed by atoms with E-state index in [0.29, 0.717) is 12.6 Å². The summed E-state index contributed by atoms with van der Waals surface area (Å²) in [5.74, 6) is -2.75. The standard InChI is InChI=1S/C24H26F2N4O2/c1-30(23(31)16-27-24(32)20-12-11-18(25)14-21(20)26)13-7-3-6-10-19-15-22(29-28-19)17-8-4-2-5-9-17/h2,4-5,8-9,11-12,14-15H,3,6-7,10,13,16H2,1H3,(H,27,32)(H,28,29). The molecule has 6 nitrogen and oxygen atoms in total. The van der Waals surface area contributed by atoms with Crippen LogP contribution < -0.4 is 5.32 Å². The summed E-state index contributed by atoms with van der Waals surface area (Å²) < 4.78 is 26.6. The molecular formula is C24H26F2N4O2. The second-order valence-electron chi connectivity index (χ2n) is 7.58. The van der Waals surface area contributed by atoms with Gasteiger partial charge < -0.3 is 10.2 Å². The lowest BCUT2D eigenvalue weighted by molar-refractivity contribution is -0.128. The average Bonchev–Trinajstić information content (AvgIpc) is 3.26. The number of carbonyl (C=O) groups is 2. The molecule has 0 atom stereocenters. The van der Waals surface area contributed by atoms with Crippen molar-refractivity contribution in [3.63, 3.8) is 0 Å². The second kappa shape index (κ2) is 11.2. The van der Waals surface area contributed by atoms with Crippen molar-refractivity contribution in [1.29, 1.82) is 0 Å². The van der Waals surface area contributed by atoms with Crippen LogP contribution in [0.4, 0.5) is 8.78 Å². The fourth-order valence-electron chi connectivity index (χ4n) is 3.27. The number of nitrogens with zero attached hydrogens (tertiary/aromatic N) is 2. The van der Waals surface area contributed by atoms with E-state index in [0.717, 1.165) is 54.8 Å². The molecule has 0 bridgehead atoms. The normalized spacial score (nSPS) is 10.7. The van der Waals surface area contributed by atoms with E-state index >= 15 is 0 Å². The largest absolute Gasteiger partial charge is 0.344 e. The molecule has 2 amide bonds. The summed E-state index contributed by atoms with van der Waals surface area (Å²) in [5.41, 5.74) is 2.78. The Morgan fingerprint density at radius 3 is 2.56 bits per heavy atom.